The molecule has 0 radical (unpaired) electrons. The zero-order valence-corrected chi connectivity index (χ0v) is 9.66. The Morgan fingerprint density at radius 1 is 1.33 bits per heavy atom. The lowest BCUT2D eigenvalue weighted by molar-refractivity contribution is -0.388. The predicted molar refractivity (Wildman–Crippen MR) is 62.7 cm³/mol. The van der Waals surface area contributed by atoms with Gasteiger partial charge in [-0.1, -0.05) is 0 Å². The van der Waals surface area contributed by atoms with Gasteiger partial charge in [0, 0.05) is 12.4 Å². The summed E-state index contributed by atoms with van der Waals surface area (Å²) in [6.45, 7) is 0. The Morgan fingerprint density at radius 3 is 2.67 bits per heavy atom. The lowest BCUT2D eigenvalue weighted by Crippen LogP contribution is -2.11. The molecule has 0 aromatic carbocycles. The lowest BCUT2D eigenvalue weighted by Gasteiger charge is -2.02. The average Bonchev–Trinajstić information content (AvgIpc) is 2.39. The Labute approximate surface area is 105 Å². The minimum Gasteiger partial charge on any atom is -0.292 e. The molecule has 2 heterocycles. The van der Waals surface area contributed by atoms with Crippen LogP contribution in [-0.4, -0.2) is 24.9 Å². The smallest absolute Gasteiger partial charge is 0.292 e. The maximum absolute atomic E-state index is 10.8. The first kappa shape index (κ1) is 12.1. The number of nitro groups is 1. The van der Waals surface area contributed by atoms with Gasteiger partial charge in [-0.3, -0.25) is 15.5 Å². The molecule has 2 rings (SSSR count). The molecular formula is C8H7N7O2S. The van der Waals surface area contributed by atoms with Gasteiger partial charge in [-0.15, -0.1) is 0 Å². The minimum absolute atomic E-state index is 0.0824. The van der Waals surface area contributed by atoms with Gasteiger partial charge in [0.2, 0.25) is 5.95 Å². The SMILES string of the molecule is NNc1ncc([N+](=O)[O-])c(Sc2ncccn2)n1. The highest BCUT2D eigenvalue weighted by molar-refractivity contribution is 7.99. The molecule has 9 nitrogen and oxygen atoms in total. The minimum atomic E-state index is -0.578. The molecule has 0 atom stereocenters. The van der Waals surface area contributed by atoms with E-state index in [1.165, 1.54) is 12.4 Å². The Balaban J connectivity index is 2.38. The molecule has 0 aliphatic rings. The fourth-order valence-electron chi connectivity index (χ4n) is 1.05. The van der Waals surface area contributed by atoms with Crippen LogP contribution in [-0.2, 0) is 0 Å². The summed E-state index contributed by atoms with van der Waals surface area (Å²) >= 11 is 0.962. The zero-order valence-electron chi connectivity index (χ0n) is 8.85. The van der Waals surface area contributed by atoms with E-state index in [1.54, 1.807) is 6.07 Å². The van der Waals surface area contributed by atoms with Crippen molar-refractivity contribution < 1.29 is 4.92 Å². The second-order valence-electron chi connectivity index (χ2n) is 2.92. The van der Waals surface area contributed by atoms with Crippen LogP contribution in [0.4, 0.5) is 11.6 Å². The maximum atomic E-state index is 10.8. The van der Waals surface area contributed by atoms with E-state index < -0.39 is 4.92 Å². The number of anilines is 1. The van der Waals surface area contributed by atoms with Crippen LogP contribution in [0.15, 0.2) is 34.8 Å². The van der Waals surface area contributed by atoms with Crippen LogP contribution in [0.3, 0.4) is 0 Å². The van der Waals surface area contributed by atoms with Gasteiger partial charge in [-0.25, -0.2) is 20.8 Å². The van der Waals surface area contributed by atoms with Crippen molar-refractivity contribution in [2.24, 2.45) is 5.84 Å². The molecule has 0 saturated heterocycles. The molecule has 92 valence electrons. The Kier molecular flexibility index (Phi) is 3.60. The number of nitrogens with zero attached hydrogens (tertiary/aromatic N) is 5. The molecule has 0 aliphatic heterocycles. The van der Waals surface area contributed by atoms with Crippen LogP contribution < -0.4 is 11.3 Å². The Bertz CT molecular complexity index is 565. The number of nitrogens with one attached hydrogen (secondary N) is 1. The number of rotatable bonds is 4. The van der Waals surface area contributed by atoms with E-state index in [0.29, 0.717) is 5.16 Å². The van der Waals surface area contributed by atoms with Crippen molar-refractivity contribution >= 4 is 23.4 Å². The van der Waals surface area contributed by atoms with Crippen molar-refractivity contribution in [1.82, 2.24) is 19.9 Å². The van der Waals surface area contributed by atoms with E-state index in [0.717, 1.165) is 18.0 Å². The van der Waals surface area contributed by atoms with E-state index in [9.17, 15) is 10.1 Å². The number of nitrogens with two attached hydrogens (primary N) is 1. The highest BCUT2D eigenvalue weighted by atomic mass is 32.2. The van der Waals surface area contributed by atoms with Gasteiger partial charge in [-0.05, 0) is 17.8 Å². The topological polar surface area (TPSA) is 133 Å². The Hall–Kier alpha value is -2.33. The molecule has 0 unspecified atom stereocenters. The van der Waals surface area contributed by atoms with Crippen molar-refractivity contribution in [3.05, 3.63) is 34.8 Å². The summed E-state index contributed by atoms with van der Waals surface area (Å²) in [5, 5.41) is 11.3. The average molecular weight is 265 g/mol. The number of hydrazine groups is 1. The molecule has 0 fully saturated rings. The normalized spacial score (nSPS) is 10.1. The van der Waals surface area contributed by atoms with Gasteiger partial charge in [0.05, 0.1) is 4.92 Å². The van der Waals surface area contributed by atoms with Crippen LogP contribution in [0.2, 0.25) is 0 Å². The van der Waals surface area contributed by atoms with E-state index in [1.807, 2.05) is 0 Å². The Morgan fingerprint density at radius 2 is 2.06 bits per heavy atom. The van der Waals surface area contributed by atoms with Crippen LogP contribution in [0, 0.1) is 10.1 Å². The van der Waals surface area contributed by atoms with Crippen LogP contribution in [0.1, 0.15) is 0 Å². The molecule has 18 heavy (non-hydrogen) atoms. The summed E-state index contributed by atoms with van der Waals surface area (Å²) in [5.41, 5.74) is 1.99. The van der Waals surface area contributed by atoms with E-state index in [-0.39, 0.29) is 16.7 Å². The molecule has 2 aromatic rings. The monoisotopic (exact) mass is 265 g/mol. The fraction of sp³-hybridized carbons (Fsp3) is 0. The van der Waals surface area contributed by atoms with Crippen molar-refractivity contribution in [2.45, 2.75) is 10.2 Å². The first-order valence-corrected chi connectivity index (χ1v) is 5.45. The van der Waals surface area contributed by atoms with Gasteiger partial charge >= 0.3 is 5.69 Å². The molecule has 0 bridgehead atoms. The molecule has 0 aliphatic carbocycles. The van der Waals surface area contributed by atoms with Crippen molar-refractivity contribution in [1.29, 1.82) is 0 Å². The summed E-state index contributed by atoms with van der Waals surface area (Å²) in [5.74, 6) is 5.24. The highest BCUT2D eigenvalue weighted by Crippen LogP contribution is 2.30. The zero-order chi connectivity index (χ0) is 13.0. The third-order valence-corrected chi connectivity index (χ3v) is 2.68. The fourth-order valence-corrected chi connectivity index (χ4v) is 1.82. The first-order chi connectivity index (χ1) is 8.70. The quantitative estimate of drug-likeness (QED) is 0.268. The van der Waals surface area contributed by atoms with E-state index in [2.05, 4.69) is 25.4 Å². The first-order valence-electron chi connectivity index (χ1n) is 4.63. The standard InChI is InChI=1S/C8H7N7O2S/c9-14-7-12-4-5(15(16)17)6(13-7)18-8-10-2-1-3-11-8/h1-4H,9H2,(H,12,13,14). The molecular weight excluding hydrogens is 258 g/mol. The number of nitrogen functional groups attached to an aromatic ring is 1. The van der Waals surface area contributed by atoms with Crippen LogP contribution >= 0.6 is 11.8 Å². The highest BCUT2D eigenvalue weighted by Gasteiger charge is 2.19. The number of hydrogen-bond donors (Lipinski definition) is 2. The second kappa shape index (κ2) is 5.33. The van der Waals surface area contributed by atoms with Gasteiger partial charge in [-0.2, -0.15) is 4.98 Å². The van der Waals surface area contributed by atoms with Gasteiger partial charge in [0.25, 0.3) is 0 Å². The lowest BCUT2D eigenvalue weighted by atomic mass is 10.5. The molecule has 0 spiro atoms. The summed E-state index contributed by atoms with van der Waals surface area (Å²) in [6.07, 6.45) is 4.14. The van der Waals surface area contributed by atoms with E-state index >= 15 is 0 Å². The van der Waals surface area contributed by atoms with Gasteiger partial charge < -0.3 is 0 Å². The largest absolute Gasteiger partial charge is 0.320 e. The molecule has 0 saturated carbocycles. The van der Waals surface area contributed by atoms with E-state index in [4.69, 9.17) is 5.84 Å². The van der Waals surface area contributed by atoms with Gasteiger partial charge in [0.15, 0.2) is 10.2 Å². The van der Waals surface area contributed by atoms with Crippen LogP contribution in [0.25, 0.3) is 0 Å². The third kappa shape index (κ3) is 2.67. The summed E-state index contributed by atoms with van der Waals surface area (Å²) in [6, 6.07) is 1.64. The molecule has 10 heteroatoms. The second-order valence-corrected chi connectivity index (χ2v) is 3.87. The summed E-state index contributed by atoms with van der Waals surface area (Å²) < 4.78 is 0. The molecule has 0 amide bonds. The maximum Gasteiger partial charge on any atom is 0.320 e. The predicted octanol–water partition coefficient (Wildman–Crippen LogP) is 0.612. The summed E-state index contributed by atoms with van der Waals surface area (Å²) in [4.78, 5) is 25.7. The number of aromatic nitrogens is 4. The van der Waals surface area contributed by atoms with Crippen molar-refractivity contribution in [2.75, 3.05) is 5.43 Å². The van der Waals surface area contributed by atoms with Crippen molar-refractivity contribution in [3.63, 3.8) is 0 Å². The third-order valence-electron chi connectivity index (χ3n) is 1.79. The molecule has 3 N–H and O–H groups in total. The van der Waals surface area contributed by atoms with Crippen LogP contribution in [0.5, 0.6) is 0 Å². The summed E-state index contributed by atoms with van der Waals surface area (Å²) in [7, 11) is 0. The molecule has 2 aromatic heterocycles. The number of hydrogen-bond acceptors (Lipinski definition) is 9. The van der Waals surface area contributed by atoms with Gasteiger partial charge in [0.1, 0.15) is 6.20 Å². The van der Waals surface area contributed by atoms with Crippen molar-refractivity contribution in [3.8, 4) is 0 Å².